The Balaban J connectivity index is 1.92. The summed E-state index contributed by atoms with van der Waals surface area (Å²) in [6, 6.07) is 15.2. The second kappa shape index (κ2) is 9.78. The molecule has 0 aliphatic rings. The molecule has 1 aromatic heterocycles. The number of benzene rings is 2. The normalized spacial score (nSPS) is 10.6. The Morgan fingerprint density at radius 3 is 2.68 bits per heavy atom. The Labute approximate surface area is 177 Å². The number of carbonyl (C=O) groups is 1. The summed E-state index contributed by atoms with van der Waals surface area (Å²) in [5.41, 5.74) is 1.82. The van der Waals surface area contributed by atoms with Gasteiger partial charge in [0.05, 0.1) is 17.3 Å². The molecule has 0 aliphatic heterocycles. The Kier molecular flexibility index (Phi) is 7.14. The number of halogens is 2. The van der Waals surface area contributed by atoms with Gasteiger partial charge in [-0.3, -0.25) is 9.36 Å². The maximum Gasteiger partial charge on any atom is 0.230 e. The summed E-state index contributed by atoms with van der Waals surface area (Å²) < 4.78 is 1.95. The zero-order chi connectivity index (χ0) is 19.9. The summed E-state index contributed by atoms with van der Waals surface area (Å²) in [6.07, 6.45) is 1.64. The van der Waals surface area contributed by atoms with Crippen molar-refractivity contribution < 1.29 is 4.79 Å². The van der Waals surface area contributed by atoms with Crippen LogP contribution in [0.2, 0.25) is 10.0 Å². The van der Waals surface area contributed by atoms with Gasteiger partial charge in [-0.15, -0.1) is 16.8 Å². The lowest BCUT2D eigenvalue weighted by atomic mass is 10.2. The van der Waals surface area contributed by atoms with Crippen LogP contribution in [-0.4, -0.2) is 33.0 Å². The highest BCUT2D eigenvalue weighted by Gasteiger charge is 2.18. The minimum Gasteiger partial charge on any atom is -0.352 e. The minimum atomic E-state index is -0.0924. The third kappa shape index (κ3) is 5.16. The van der Waals surface area contributed by atoms with Crippen LogP contribution < -0.4 is 5.32 Å². The number of hydrogen-bond donors (Lipinski definition) is 1. The lowest BCUT2D eigenvalue weighted by Crippen LogP contribution is -2.25. The summed E-state index contributed by atoms with van der Waals surface area (Å²) in [6.45, 7) is 4.58. The second-order valence-corrected chi connectivity index (χ2v) is 7.67. The Bertz CT molecular complexity index is 976. The first-order valence-electron chi connectivity index (χ1n) is 8.51. The number of thioether (sulfide) groups is 1. The minimum absolute atomic E-state index is 0.0924. The van der Waals surface area contributed by atoms with E-state index in [2.05, 4.69) is 22.1 Å². The van der Waals surface area contributed by atoms with Gasteiger partial charge in [0.25, 0.3) is 0 Å². The third-order valence-corrected chi connectivity index (χ3v) is 5.36. The lowest BCUT2D eigenvalue weighted by Gasteiger charge is -2.11. The van der Waals surface area contributed by atoms with Gasteiger partial charge in [0.15, 0.2) is 11.0 Å². The fourth-order valence-corrected chi connectivity index (χ4v) is 3.80. The smallest absolute Gasteiger partial charge is 0.230 e. The number of nitrogens with one attached hydrogen (secondary N) is 1. The van der Waals surface area contributed by atoms with Gasteiger partial charge >= 0.3 is 0 Å². The fraction of sp³-hybridized carbons (Fsp3) is 0.150. The van der Waals surface area contributed by atoms with Crippen LogP contribution in [0.1, 0.15) is 5.56 Å². The van der Waals surface area contributed by atoms with Crippen molar-refractivity contribution in [1.29, 1.82) is 0 Å². The first-order valence-corrected chi connectivity index (χ1v) is 10.3. The van der Waals surface area contributed by atoms with Gasteiger partial charge in [-0.25, -0.2) is 0 Å². The van der Waals surface area contributed by atoms with E-state index in [-0.39, 0.29) is 11.7 Å². The van der Waals surface area contributed by atoms with E-state index in [1.807, 2.05) is 41.0 Å². The van der Waals surface area contributed by atoms with E-state index in [1.54, 1.807) is 18.2 Å². The molecular formula is C20H18Cl2N4OS. The van der Waals surface area contributed by atoms with Crippen LogP contribution in [0.5, 0.6) is 0 Å². The maximum atomic E-state index is 11.9. The predicted molar refractivity (Wildman–Crippen MR) is 115 cm³/mol. The van der Waals surface area contributed by atoms with E-state index in [4.69, 9.17) is 23.2 Å². The van der Waals surface area contributed by atoms with Gasteiger partial charge in [0.2, 0.25) is 5.91 Å². The molecule has 0 saturated carbocycles. The van der Waals surface area contributed by atoms with Crippen LogP contribution in [0.3, 0.4) is 0 Å². The van der Waals surface area contributed by atoms with Crippen molar-refractivity contribution in [3.05, 3.63) is 76.8 Å². The van der Waals surface area contributed by atoms with Gasteiger partial charge < -0.3 is 5.32 Å². The Morgan fingerprint density at radius 2 is 1.96 bits per heavy atom. The summed E-state index contributed by atoms with van der Waals surface area (Å²) in [7, 11) is 0. The molecular weight excluding hydrogens is 415 g/mol. The van der Waals surface area contributed by atoms with E-state index in [0.29, 0.717) is 34.1 Å². The highest BCUT2D eigenvalue weighted by atomic mass is 35.5. The number of aromatic nitrogens is 3. The van der Waals surface area contributed by atoms with Crippen LogP contribution in [0.15, 0.2) is 66.3 Å². The molecule has 0 radical (unpaired) electrons. The highest BCUT2D eigenvalue weighted by Crippen LogP contribution is 2.32. The molecule has 1 N–H and O–H groups in total. The average Bonchev–Trinajstić information content (AvgIpc) is 3.08. The van der Waals surface area contributed by atoms with Gasteiger partial charge in [-0.05, 0) is 23.8 Å². The van der Waals surface area contributed by atoms with Crippen molar-refractivity contribution in [2.45, 2.75) is 11.7 Å². The first kappa shape index (κ1) is 20.5. The third-order valence-electron chi connectivity index (χ3n) is 3.85. The predicted octanol–water partition coefficient (Wildman–Crippen LogP) is 4.69. The Hall–Kier alpha value is -2.28. The number of carbonyl (C=O) groups excluding carboxylic acids is 1. The van der Waals surface area contributed by atoms with Crippen molar-refractivity contribution in [3.63, 3.8) is 0 Å². The topological polar surface area (TPSA) is 59.8 Å². The van der Waals surface area contributed by atoms with E-state index in [9.17, 15) is 4.79 Å². The quantitative estimate of drug-likeness (QED) is 0.414. The molecule has 0 bridgehead atoms. The number of hydrogen-bond acceptors (Lipinski definition) is 4. The molecule has 5 nitrogen and oxygen atoms in total. The van der Waals surface area contributed by atoms with Crippen LogP contribution in [0, 0.1) is 0 Å². The number of amides is 1. The average molecular weight is 433 g/mol. The molecule has 0 aliphatic carbocycles. The number of rotatable bonds is 8. The van der Waals surface area contributed by atoms with Crippen LogP contribution in [-0.2, 0) is 11.3 Å². The molecule has 8 heteroatoms. The van der Waals surface area contributed by atoms with Gasteiger partial charge in [0, 0.05) is 17.1 Å². The zero-order valence-electron chi connectivity index (χ0n) is 14.9. The molecule has 2 aromatic carbocycles. The lowest BCUT2D eigenvalue weighted by molar-refractivity contribution is -0.118. The zero-order valence-corrected chi connectivity index (χ0v) is 17.3. The monoisotopic (exact) mass is 432 g/mol. The largest absolute Gasteiger partial charge is 0.352 e. The summed E-state index contributed by atoms with van der Waals surface area (Å²) >= 11 is 13.7. The van der Waals surface area contributed by atoms with Crippen molar-refractivity contribution in [1.82, 2.24) is 20.1 Å². The van der Waals surface area contributed by atoms with Crippen LogP contribution in [0.4, 0.5) is 0 Å². The van der Waals surface area contributed by atoms with E-state index < -0.39 is 0 Å². The molecule has 3 rings (SSSR count). The number of nitrogens with zero attached hydrogens (tertiary/aromatic N) is 3. The molecule has 1 amide bonds. The molecule has 0 spiro atoms. The van der Waals surface area contributed by atoms with E-state index in [1.165, 1.54) is 11.8 Å². The molecule has 144 valence electrons. The molecule has 0 saturated heterocycles. The van der Waals surface area contributed by atoms with Crippen molar-refractivity contribution in [3.8, 4) is 11.4 Å². The van der Waals surface area contributed by atoms with Crippen molar-refractivity contribution in [2.75, 3.05) is 12.3 Å². The summed E-state index contributed by atoms with van der Waals surface area (Å²) in [5, 5.41) is 13.1. The molecule has 1 heterocycles. The highest BCUT2D eigenvalue weighted by molar-refractivity contribution is 7.99. The second-order valence-electron chi connectivity index (χ2n) is 5.88. The molecule has 28 heavy (non-hydrogen) atoms. The van der Waals surface area contributed by atoms with Gasteiger partial charge in [0.1, 0.15) is 0 Å². The van der Waals surface area contributed by atoms with Crippen molar-refractivity contribution in [2.24, 2.45) is 0 Å². The van der Waals surface area contributed by atoms with E-state index >= 15 is 0 Å². The Morgan fingerprint density at radius 1 is 1.18 bits per heavy atom. The fourth-order valence-electron chi connectivity index (χ4n) is 2.54. The SMILES string of the molecule is C=CCNC(=O)CSc1nnc(-c2ccc(Cl)cc2Cl)n1Cc1ccccc1. The van der Waals surface area contributed by atoms with Crippen LogP contribution in [0.25, 0.3) is 11.4 Å². The van der Waals surface area contributed by atoms with Gasteiger partial charge in [-0.2, -0.15) is 0 Å². The summed E-state index contributed by atoms with van der Waals surface area (Å²) in [5.74, 6) is 0.763. The molecule has 0 atom stereocenters. The van der Waals surface area contributed by atoms with Gasteiger partial charge in [-0.1, -0.05) is 71.4 Å². The summed E-state index contributed by atoms with van der Waals surface area (Å²) in [4.78, 5) is 11.9. The maximum absolute atomic E-state index is 11.9. The molecule has 0 unspecified atom stereocenters. The molecule has 0 fully saturated rings. The first-order chi connectivity index (χ1) is 13.6. The van der Waals surface area contributed by atoms with Crippen molar-refractivity contribution >= 4 is 40.9 Å². The van der Waals surface area contributed by atoms with E-state index in [0.717, 1.165) is 11.1 Å². The van der Waals surface area contributed by atoms with Crippen LogP contribution >= 0.6 is 35.0 Å². The molecule has 3 aromatic rings. The standard InChI is InChI=1S/C20H18Cl2N4OS/c1-2-10-23-18(27)13-28-20-25-24-19(16-9-8-15(21)11-17(16)22)26(20)12-14-6-4-3-5-7-14/h2-9,11H,1,10,12-13H2,(H,23,27).